The van der Waals surface area contributed by atoms with Crippen molar-refractivity contribution in [2.45, 2.75) is 18.9 Å². The van der Waals surface area contributed by atoms with Gasteiger partial charge in [0.15, 0.2) is 0 Å². The average Bonchev–Trinajstić information content (AvgIpc) is 2.64. The van der Waals surface area contributed by atoms with Crippen molar-refractivity contribution in [2.75, 3.05) is 7.11 Å². The summed E-state index contributed by atoms with van der Waals surface area (Å²) in [6.45, 7) is 0. The summed E-state index contributed by atoms with van der Waals surface area (Å²) in [5, 5.41) is 10.5. The smallest absolute Gasteiger partial charge is 0.337 e. The van der Waals surface area contributed by atoms with Crippen LogP contribution < -0.4 is 0 Å². The molecule has 0 aliphatic heterocycles. The Balaban J connectivity index is 2.08. The Morgan fingerprint density at radius 1 is 1.14 bits per heavy atom. The predicted molar refractivity (Wildman–Crippen MR) is 75.7 cm³/mol. The van der Waals surface area contributed by atoms with Gasteiger partial charge in [-0.1, -0.05) is 12.1 Å². The third-order valence-corrected chi connectivity index (χ3v) is 3.92. The lowest BCUT2D eigenvalue weighted by molar-refractivity contribution is 0.0600. The Morgan fingerprint density at radius 2 is 1.90 bits per heavy atom. The van der Waals surface area contributed by atoms with E-state index >= 15 is 0 Å². The van der Waals surface area contributed by atoms with Crippen LogP contribution >= 0.6 is 0 Å². The van der Waals surface area contributed by atoms with E-state index in [4.69, 9.17) is 4.74 Å². The van der Waals surface area contributed by atoms with E-state index < -0.39 is 12.1 Å². The number of carbonyl (C=O) groups is 1. The zero-order chi connectivity index (χ0) is 15.0. The van der Waals surface area contributed by atoms with Gasteiger partial charge in [0, 0.05) is 0 Å². The number of aliphatic hydroxyl groups excluding tert-OH is 1. The zero-order valence-electron chi connectivity index (χ0n) is 11.6. The maximum Gasteiger partial charge on any atom is 0.337 e. The van der Waals surface area contributed by atoms with Crippen molar-refractivity contribution in [3.8, 4) is 0 Å². The molecule has 1 aliphatic rings. The summed E-state index contributed by atoms with van der Waals surface area (Å²) in [5.74, 6) is -0.762. The normalized spacial score (nSPS) is 16.6. The van der Waals surface area contributed by atoms with Gasteiger partial charge in [0.1, 0.15) is 11.9 Å². The number of hydrogen-bond donors (Lipinski definition) is 1. The van der Waals surface area contributed by atoms with Crippen LogP contribution in [-0.4, -0.2) is 18.2 Å². The molecule has 2 aromatic rings. The van der Waals surface area contributed by atoms with E-state index in [0.717, 1.165) is 11.1 Å². The number of hydrogen-bond acceptors (Lipinski definition) is 3. The van der Waals surface area contributed by atoms with Crippen LogP contribution in [0.3, 0.4) is 0 Å². The SMILES string of the molecule is COC(=O)c1ccc2c(c1)CCc1ccc(F)cc1C2O. The second-order valence-corrected chi connectivity index (χ2v) is 5.15. The Hall–Kier alpha value is -2.20. The van der Waals surface area contributed by atoms with Crippen LogP contribution in [0.4, 0.5) is 4.39 Å². The van der Waals surface area contributed by atoms with Crippen molar-refractivity contribution in [1.29, 1.82) is 0 Å². The van der Waals surface area contributed by atoms with Crippen molar-refractivity contribution < 1.29 is 19.0 Å². The van der Waals surface area contributed by atoms with Crippen LogP contribution in [0.5, 0.6) is 0 Å². The van der Waals surface area contributed by atoms with Crippen LogP contribution in [0.25, 0.3) is 0 Å². The number of rotatable bonds is 1. The summed E-state index contributed by atoms with van der Waals surface area (Å²) in [6.07, 6.45) is 0.514. The van der Waals surface area contributed by atoms with Crippen LogP contribution in [0.15, 0.2) is 36.4 Å². The highest BCUT2D eigenvalue weighted by Crippen LogP contribution is 2.33. The Labute approximate surface area is 122 Å². The third-order valence-electron chi connectivity index (χ3n) is 3.92. The lowest BCUT2D eigenvalue weighted by atomic mass is 9.96. The molecule has 21 heavy (non-hydrogen) atoms. The van der Waals surface area contributed by atoms with Crippen molar-refractivity contribution >= 4 is 5.97 Å². The van der Waals surface area contributed by atoms with Crippen molar-refractivity contribution in [1.82, 2.24) is 0 Å². The van der Waals surface area contributed by atoms with E-state index in [2.05, 4.69) is 0 Å². The molecule has 3 rings (SSSR count). The predicted octanol–water partition coefficient (Wildman–Crippen LogP) is 2.79. The van der Waals surface area contributed by atoms with Crippen molar-refractivity contribution in [3.63, 3.8) is 0 Å². The minimum Gasteiger partial charge on any atom is -0.465 e. The summed E-state index contributed by atoms with van der Waals surface area (Å²) < 4.78 is 18.1. The average molecular weight is 286 g/mol. The number of methoxy groups -OCH3 is 1. The molecule has 0 saturated heterocycles. The summed E-state index contributed by atoms with van der Waals surface area (Å²) in [6, 6.07) is 9.57. The van der Waals surface area contributed by atoms with Gasteiger partial charge in [-0.2, -0.15) is 0 Å². The minimum absolute atomic E-state index is 0.359. The van der Waals surface area contributed by atoms with Crippen LogP contribution in [0, 0.1) is 5.82 Å². The van der Waals surface area contributed by atoms with Crippen LogP contribution in [0.2, 0.25) is 0 Å². The third kappa shape index (κ3) is 2.43. The number of carbonyl (C=O) groups excluding carboxylic acids is 1. The van der Waals surface area contributed by atoms with E-state index in [9.17, 15) is 14.3 Å². The lowest BCUT2D eigenvalue weighted by Crippen LogP contribution is -2.06. The number of esters is 1. The molecule has 4 heteroatoms. The molecule has 0 spiro atoms. The first-order valence-corrected chi connectivity index (χ1v) is 6.77. The molecule has 0 fully saturated rings. The highest BCUT2D eigenvalue weighted by molar-refractivity contribution is 5.89. The molecule has 1 unspecified atom stereocenters. The lowest BCUT2D eigenvalue weighted by Gasteiger charge is -2.15. The monoisotopic (exact) mass is 286 g/mol. The molecule has 108 valence electrons. The largest absolute Gasteiger partial charge is 0.465 e. The Morgan fingerprint density at radius 3 is 2.67 bits per heavy atom. The molecular formula is C17H15FO3. The quantitative estimate of drug-likeness (QED) is 0.820. The van der Waals surface area contributed by atoms with Gasteiger partial charge in [-0.25, -0.2) is 9.18 Å². The highest BCUT2D eigenvalue weighted by atomic mass is 19.1. The molecule has 0 bridgehead atoms. The molecule has 0 radical (unpaired) electrons. The maximum absolute atomic E-state index is 13.4. The first-order valence-electron chi connectivity index (χ1n) is 6.77. The first kappa shape index (κ1) is 13.8. The van der Waals surface area contributed by atoms with Gasteiger partial charge < -0.3 is 9.84 Å². The topological polar surface area (TPSA) is 46.5 Å². The number of aliphatic hydroxyl groups is 1. The van der Waals surface area contributed by atoms with Crippen molar-refractivity contribution in [2.24, 2.45) is 0 Å². The fourth-order valence-electron chi connectivity index (χ4n) is 2.82. The number of halogens is 1. The van der Waals surface area contributed by atoms with Gasteiger partial charge >= 0.3 is 5.97 Å². The molecule has 0 saturated carbocycles. The van der Waals surface area contributed by atoms with Gasteiger partial charge in [-0.05, 0) is 59.4 Å². The van der Waals surface area contributed by atoms with E-state index in [0.29, 0.717) is 29.5 Å². The molecule has 1 N–H and O–H groups in total. The molecule has 0 amide bonds. The van der Waals surface area contributed by atoms with Crippen molar-refractivity contribution in [3.05, 3.63) is 70.0 Å². The minimum atomic E-state index is -0.875. The summed E-state index contributed by atoms with van der Waals surface area (Å²) in [5.41, 5.74) is 3.59. The first-order chi connectivity index (χ1) is 10.1. The number of aryl methyl sites for hydroxylation is 2. The number of ether oxygens (including phenoxy) is 1. The van der Waals surface area contributed by atoms with Crippen LogP contribution in [-0.2, 0) is 17.6 Å². The number of benzene rings is 2. The highest BCUT2D eigenvalue weighted by Gasteiger charge is 2.23. The zero-order valence-corrected chi connectivity index (χ0v) is 11.6. The molecule has 1 aliphatic carbocycles. The van der Waals surface area contributed by atoms with E-state index in [1.54, 1.807) is 24.3 Å². The molecular weight excluding hydrogens is 271 g/mol. The molecule has 0 aromatic heterocycles. The van der Waals surface area contributed by atoms with E-state index in [1.807, 2.05) is 0 Å². The van der Waals surface area contributed by atoms with Gasteiger partial charge in [0.2, 0.25) is 0 Å². The summed E-state index contributed by atoms with van der Waals surface area (Å²) in [7, 11) is 1.33. The van der Waals surface area contributed by atoms with E-state index in [-0.39, 0.29) is 5.82 Å². The van der Waals surface area contributed by atoms with E-state index in [1.165, 1.54) is 19.2 Å². The molecule has 2 aromatic carbocycles. The summed E-state index contributed by atoms with van der Waals surface area (Å²) >= 11 is 0. The van der Waals surface area contributed by atoms with Gasteiger partial charge in [-0.15, -0.1) is 0 Å². The molecule has 1 atom stereocenters. The Bertz CT molecular complexity index is 709. The van der Waals surface area contributed by atoms with Gasteiger partial charge in [0.25, 0.3) is 0 Å². The number of fused-ring (bicyclic) bond motifs is 2. The molecule has 0 heterocycles. The maximum atomic E-state index is 13.4. The van der Waals surface area contributed by atoms with Gasteiger partial charge in [0.05, 0.1) is 12.7 Å². The molecule has 3 nitrogen and oxygen atoms in total. The Kier molecular flexibility index (Phi) is 3.47. The van der Waals surface area contributed by atoms with Crippen LogP contribution in [0.1, 0.15) is 38.7 Å². The second kappa shape index (κ2) is 5.30. The fraction of sp³-hybridized carbons (Fsp3) is 0.235. The second-order valence-electron chi connectivity index (χ2n) is 5.15. The van der Waals surface area contributed by atoms with Gasteiger partial charge in [-0.3, -0.25) is 0 Å². The summed E-state index contributed by atoms with van der Waals surface area (Å²) in [4.78, 5) is 11.6. The fourth-order valence-corrected chi connectivity index (χ4v) is 2.82. The standard InChI is InChI=1S/C17H15FO3/c1-21-17(20)12-5-7-14-11(8-12)3-2-10-4-6-13(18)9-15(10)16(14)19/h4-9,16,19H,2-3H2,1H3.